The molecule has 0 saturated heterocycles. The largest absolute Gasteiger partial charge is 0.355 e. The minimum absolute atomic E-state index is 0. The maximum Gasteiger partial charge on any atom is 0.253 e. The number of hydrogen-bond donors (Lipinski definition) is 2. The van der Waals surface area contributed by atoms with Crippen LogP contribution < -0.4 is 10.6 Å². The Morgan fingerprint density at radius 3 is 2.65 bits per heavy atom. The predicted octanol–water partition coefficient (Wildman–Crippen LogP) is 1.47. The SMILES string of the molecule is CN(C)C(=O)c1cccc(CCNC(=O)CNCC2CC2)c1.Cl. The average Bonchev–Trinajstić information content (AvgIpc) is 3.31. The molecule has 23 heavy (non-hydrogen) atoms. The molecule has 6 heteroatoms. The molecule has 0 aliphatic heterocycles. The van der Waals surface area contributed by atoms with Gasteiger partial charge in [0.2, 0.25) is 5.91 Å². The number of nitrogens with one attached hydrogen (secondary N) is 2. The molecule has 0 bridgehead atoms. The Labute approximate surface area is 144 Å². The number of carbonyl (C=O) groups is 2. The zero-order chi connectivity index (χ0) is 15.9. The predicted molar refractivity (Wildman–Crippen MR) is 94.0 cm³/mol. The van der Waals surface area contributed by atoms with Gasteiger partial charge in [0, 0.05) is 26.2 Å². The standard InChI is InChI=1S/C17H25N3O2.ClH/c1-20(2)17(22)15-5-3-4-13(10-15)8-9-19-16(21)12-18-11-14-6-7-14;/h3-5,10,14,18H,6-9,11-12H2,1-2H3,(H,19,21);1H. The van der Waals surface area contributed by atoms with E-state index in [-0.39, 0.29) is 24.2 Å². The van der Waals surface area contributed by atoms with Gasteiger partial charge in [0.05, 0.1) is 6.54 Å². The van der Waals surface area contributed by atoms with Crippen molar-refractivity contribution in [1.29, 1.82) is 0 Å². The van der Waals surface area contributed by atoms with E-state index >= 15 is 0 Å². The minimum Gasteiger partial charge on any atom is -0.355 e. The van der Waals surface area contributed by atoms with Gasteiger partial charge in [-0.3, -0.25) is 9.59 Å². The fraction of sp³-hybridized carbons (Fsp3) is 0.529. The van der Waals surface area contributed by atoms with Crippen molar-refractivity contribution in [2.75, 3.05) is 33.7 Å². The Hall–Kier alpha value is -1.59. The van der Waals surface area contributed by atoms with Crippen LogP contribution in [-0.2, 0) is 11.2 Å². The molecule has 0 spiro atoms. The summed E-state index contributed by atoms with van der Waals surface area (Å²) in [5.41, 5.74) is 1.74. The minimum atomic E-state index is -0.00448. The number of halogens is 1. The average molecular weight is 340 g/mol. The first-order valence-electron chi connectivity index (χ1n) is 7.84. The highest BCUT2D eigenvalue weighted by molar-refractivity contribution is 5.94. The molecule has 2 rings (SSSR count). The first-order valence-corrected chi connectivity index (χ1v) is 7.84. The molecule has 5 nitrogen and oxygen atoms in total. The van der Waals surface area contributed by atoms with Gasteiger partial charge in [-0.05, 0) is 49.4 Å². The van der Waals surface area contributed by atoms with Crippen molar-refractivity contribution in [3.05, 3.63) is 35.4 Å². The molecule has 1 fully saturated rings. The fourth-order valence-corrected chi connectivity index (χ4v) is 2.24. The van der Waals surface area contributed by atoms with Crippen LogP contribution in [0, 0.1) is 5.92 Å². The van der Waals surface area contributed by atoms with E-state index in [0.29, 0.717) is 18.7 Å². The maximum absolute atomic E-state index is 11.9. The van der Waals surface area contributed by atoms with Gasteiger partial charge in [0.25, 0.3) is 5.91 Å². The summed E-state index contributed by atoms with van der Waals surface area (Å²) in [5.74, 6) is 0.807. The van der Waals surface area contributed by atoms with Crippen molar-refractivity contribution >= 4 is 24.2 Å². The zero-order valence-corrected chi connectivity index (χ0v) is 14.6. The van der Waals surface area contributed by atoms with Crippen LogP contribution >= 0.6 is 12.4 Å². The Morgan fingerprint density at radius 2 is 2.00 bits per heavy atom. The summed E-state index contributed by atoms with van der Waals surface area (Å²) in [7, 11) is 3.48. The molecule has 0 aromatic heterocycles. The Bertz CT molecular complexity index is 530. The van der Waals surface area contributed by atoms with Gasteiger partial charge in [0.15, 0.2) is 0 Å². The van der Waals surface area contributed by atoms with Crippen LogP contribution in [0.2, 0.25) is 0 Å². The second-order valence-electron chi connectivity index (χ2n) is 6.07. The van der Waals surface area contributed by atoms with Crippen LogP contribution in [0.5, 0.6) is 0 Å². The van der Waals surface area contributed by atoms with Crippen LogP contribution in [0.25, 0.3) is 0 Å². The smallest absolute Gasteiger partial charge is 0.253 e. The molecule has 2 N–H and O–H groups in total. The number of nitrogens with zero attached hydrogens (tertiary/aromatic N) is 1. The molecule has 2 amide bonds. The first-order chi connectivity index (χ1) is 10.6. The molecule has 1 aromatic rings. The van der Waals surface area contributed by atoms with Gasteiger partial charge >= 0.3 is 0 Å². The summed E-state index contributed by atoms with van der Waals surface area (Å²) >= 11 is 0. The second-order valence-corrected chi connectivity index (χ2v) is 6.07. The Kier molecular flexibility index (Phi) is 8.06. The zero-order valence-electron chi connectivity index (χ0n) is 13.8. The van der Waals surface area contributed by atoms with E-state index in [1.807, 2.05) is 24.3 Å². The molecular formula is C17H26ClN3O2. The van der Waals surface area contributed by atoms with Crippen LogP contribution in [0.1, 0.15) is 28.8 Å². The third kappa shape index (κ3) is 7.01. The van der Waals surface area contributed by atoms with Gasteiger partial charge in [0.1, 0.15) is 0 Å². The van der Waals surface area contributed by atoms with E-state index in [0.717, 1.165) is 24.4 Å². The lowest BCUT2D eigenvalue weighted by Crippen LogP contribution is -2.35. The quantitative estimate of drug-likeness (QED) is 0.754. The summed E-state index contributed by atoms with van der Waals surface area (Å²) in [6.45, 7) is 1.92. The van der Waals surface area contributed by atoms with Crippen molar-refractivity contribution in [3.8, 4) is 0 Å². The van der Waals surface area contributed by atoms with Gasteiger partial charge < -0.3 is 15.5 Å². The van der Waals surface area contributed by atoms with Crippen LogP contribution in [0.4, 0.5) is 0 Å². The number of carbonyl (C=O) groups excluding carboxylic acids is 2. The Balaban J connectivity index is 0.00000264. The van der Waals surface area contributed by atoms with Crippen LogP contribution in [0.3, 0.4) is 0 Å². The van der Waals surface area contributed by atoms with Crippen LogP contribution in [0.15, 0.2) is 24.3 Å². The lowest BCUT2D eigenvalue weighted by atomic mass is 10.1. The highest BCUT2D eigenvalue weighted by Gasteiger charge is 2.20. The summed E-state index contributed by atoms with van der Waals surface area (Å²) in [6, 6.07) is 7.56. The number of rotatable bonds is 8. The fourth-order valence-electron chi connectivity index (χ4n) is 2.24. The summed E-state index contributed by atoms with van der Waals surface area (Å²) in [6.07, 6.45) is 3.30. The van der Waals surface area contributed by atoms with E-state index in [9.17, 15) is 9.59 Å². The van der Waals surface area contributed by atoms with Crippen molar-refractivity contribution in [1.82, 2.24) is 15.5 Å². The highest BCUT2D eigenvalue weighted by Crippen LogP contribution is 2.27. The molecular weight excluding hydrogens is 314 g/mol. The summed E-state index contributed by atoms with van der Waals surface area (Å²) in [5, 5.41) is 6.07. The lowest BCUT2D eigenvalue weighted by Gasteiger charge is -2.11. The van der Waals surface area contributed by atoms with E-state index in [2.05, 4.69) is 10.6 Å². The van der Waals surface area contributed by atoms with Crippen molar-refractivity contribution < 1.29 is 9.59 Å². The molecule has 128 valence electrons. The van der Waals surface area contributed by atoms with E-state index in [1.165, 1.54) is 12.8 Å². The normalized spacial score (nSPS) is 13.1. The molecule has 0 heterocycles. The first kappa shape index (κ1) is 19.5. The molecule has 1 aliphatic rings. The van der Waals surface area contributed by atoms with E-state index in [4.69, 9.17) is 0 Å². The van der Waals surface area contributed by atoms with Gasteiger partial charge in [-0.15, -0.1) is 12.4 Å². The molecule has 0 unspecified atom stereocenters. The molecule has 0 atom stereocenters. The molecule has 1 saturated carbocycles. The third-order valence-electron chi connectivity index (χ3n) is 3.73. The summed E-state index contributed by atoms with van der Waals surface area (Å²) in [4.78, 5) is 25.1. The Morgan fingerprint density at radius 1 is 1.26 bits per heavy atom. The lowest BCUT2D eigenvalue weighted by molar-refractivity contribution is -0.120. The number of hydrogen-bond acceptors (Lipinski definition) is 3. The van der Waals surface area contributed by atoms with Crippen molar-refractivity contribution in [2.24, 2.45) is 5.92 Å². The van der Waals surface area contributed by atoms with Crippen LogP contribution in [-0.4, -0.2) is 50.4 Å². The third-order valence-corrected chi connectivity index (χ3v) is 3.73. The van der Waals surface area contributed by atoms with E-state index in [1.54, 1.807) is 19.0 Å². The monoisotopic (exact) mass is 339 g/mol. The number of amides is 2. The summed E-state index contributed by atoms with van der Waals surface area (Å²) < 4.78 is 0. The van der Waals surface area contributed by atoms with Gasteiger partial charge in [-0.2, -0.15) is 0 Å². The van der Waals surface area contributed by atoms with Crippen molar-refractivity contribution in [3.63, 3.8) is 0 Å². The number of benzene rings is 1. The second kappa shape index (κ2) is 9.53. The molecule has 0 radical (unpaired) electrons. The molecule has 1 aliphatic carbocycles. The van der Waals surface area contributed by atoms with E-state index < -0.39 is 0 Å². The van der Waals surface area contributed by atoms with Gasteiger partial charge in [-0.25, -0.2) is 0 Å². The van der Waals surface area contributed by atoms with Crippen molar-refractivity contribution in [2.45, 2.75) is 19.3 Å². The topological polar surface area (TPSA) is 61.4 Å². The molecule has 1 aromatic carbocycles. The maximum atomic E-state index is 11.9. The highest BCUT2D eigenvalue weighted by atomic mass is 35.5. The van der Waals surface area contributed by atoms with Gasteiger partial charge in [-0.1, -0.05) is 12.1 Å².